The summed E-state index contributed by atoms with van der Waals surface area (Å²) in [4.78, 5) is 13.3. The Labute approximate surface area is 162 Å². The molecule has 3 rings (SSSR count). The van der Waals surface area contributed by atoms with Crippen molar-refractivity contribution in [1.29, 1.82) is 0 Å². The Balaban J connectivity index is 1.72. The Morgan fingerprint density at radius 2 is 1.93 bits per heavy atom. The molecule has 0 bridgehead atoms. The molecule has 0 fully saturated rings. The minimum Gasteiger partial charge on any atom is -0.456 e. The SMILES string of the molecule is CCCC(CCC)[C@@]1(CC)CN=C(Nc2cc(-c3cccnc3)ccn2)O1. The highest BCUT2D eigenvalue weighted by Crippen LogP contribution is 2.37. The molecule has 5 nitrogen and oxygen atoms in total. The summed E-state index contributed by atoms with van der Waals surface area (Å²) in [5.41, 5.74) is 1.94. The maximum Gasteiger partial charge on any atom is 0.291 e. The molecule has 27 heavy (non-hydrogen) atoms. The van der Waals surface area contributed by atoms with Crippen LogP contribution >= 0.6 is 0 Å². The van der Waals surface area contributed by atoms with E-state index in [1.165, 1.54) is 25.7 Å². The van der Waals surface area contributed by atoms with Crippen molar-refractivity contribution in [2.24, 2.45) is 10.9 Å². The standard InChI is InChI=1S/C22H30N4O/c1-4-8-19(9-5-2)22(6-3)16-25-21(27-22)26-20-14-17(11-13-24-20)18-10-7-12-23-15-18/h7,10-15,19H,4-6,8-9,16H2,1-3H3,(H,24,25,26)/t22-/m1/s1. The first-order chi connectivity index (χ1) is 13.2. The molecule has 0 spiro atoms. The van der Waals surface area contributed by atoms with Crippen molar-refractivity contribution >= 4 is 11.8 Å². The summed E-state index contributed by atoms with van der Waals surface area (Å²) in [5, 5.41) is 3.28. The van der Waals surface area contributed by atoms with Gasteiger partial charge in [0.1, 0.15) is 11.4 Å². The van der Waals surface area contributed by atoms with Gasteiger partial charge in [-0.3, -0.25) is 10.3 Å². The van der Waals surface area contributed by atoms with E-state index in [9.17, 15) is 0 Å². The second-order valence-corrected chi connectivity index (χ2v) is 7.21. The summed E-state index contributed by atoms with van der Waals surface area (Å²) in [7, 11) is 0. The number of ether oxygens (including phenoxy) is 1. The van der Waals surface area contributed by atoms with Crippen molar-refractivity contribution in [3.05, 3.63) is 42.9 Å². The number of aromatic nitrogens is 2. The molecule has 0 radical (unpaired) electrons. The van der Waals surface area contributed by atoms with E-state index in [1.54, 1.807) is 12.4 Å². The van der Waals surface area contributed by atoms with Gasteiger partial charge in [-0.25, -0.2) is 9.98 Å². The minimum absolute atomic E-state index is 0.185. The van der Waals surface area contributed by atoms with Crippen LogP contribution in [0.2, 0.25) is 0 Å². The molecular weight excluding hydrogens is 336 g/mol. The quantitative estimate of drug-likeness (QED) is 0.688. The van der Waals surface area contributed by atoms with Gasteiger partial charge in [0.15, 0.2) is 0 Å². The number of pyridine rings is 2. The molecule has 0 aromatic carbocycles. The van der Waals surface area contributed by atoms with Gasteiger partial charge in [-0.05, 0) is 43.0 Å². The lowest BCUT2D eigenvalue weighted by atomic mass is 9.79. The third kappa shape index (κ3) is 4.46. The first-order valence-electron chi connectivity index (χ1n) is 10.1. The van der Waals surface area contributed by atoms with Gasteiger partial charge < -0.3 is 4.74 Å². The molecule has 0 amide bonds. The largest absolute Gasteiger partial charge is 0.456 e. The number of hydrogen-bond donors (Lipinski definition) is 1. The van der Waals surface area contributed by atoms with Gasteiger partial charge in [-0.2, -0.15) is 0 Å². The third-order valence-electron chi connectivity index (χ3n) is 5.40. The van der Waals surface area contributed by atoms with Crippen molar-refractivity contribution in [2.45, 2.75) is 58.5 Å². The van der Waals surface area contributed by atoms with Gasteiger partial charge in [-0.15, -0.1) is 0 Å². The number of nitrogens with zero attached hydrogens (tertiary/aromatic N) is 3. The Hall–Kier alpha value is -2.43. The molecule has 1 aliphatic heterocycles. The molecule has 2 aromatic heterocycles. The summed E-state index contributed by atoms with van der Waals surface area (Å²) in [5.74, 6) is 1.28. The van der Waals surface area contributed by atoms with E-state index in [0.29, 0.717) is 11.9 Å². The van der Waals surface area contributed by atoms with Crippen LogP contribution in [0, 0.1) is 5.92 Å². The van der Waals surface area contributed by atoms with E-state index in [-0.39, 0.29) is 5.60 Å². The highest BCUT2D eigenvalue weighted by molar-refractivity contribution is 5.90. The molecule has 5 heteroatoms. The van der Waals surface area contributed by atoms with Crippen molar-refractivity contribution in [3.63, 3.8) is 0 Å². The van der Waals surface area contributed by atoms with Gasteiger partial charge in [0, 0.05) is 30.1 Å². The highest BCUT2D eigenvalue weighted by Gasteiger charge is 2.43. The number of hydrogen-bond acceptors (Lipinski definition) is 5. The number of anilines is 1. The molecular formula is C22H30N4O. The molecule has 0 unspecified atom stereocenters. The molecule has 0 saturated heterocycles. The second-order valence-electron chi connectivity index (χ2n) is 7.21. The zero-order chi connectivity index (χ0) is 19.1. The fourth-order valence-electron chi connectivity index (χ4n) is 3.90. The van der Waals surface area contributed by atoms with Gasteiger partial charge in [-0.1, -0.05) is 39.7 Å². The van der Waals surface area contributed by atoms with Crippen molar-refractivity contribution in [3.8, 4) is 11.1 Å². The summed E-state index contributed by atoms with van der Waals surface area (Å²) in [6, 6.07) is 8.55. The number of aliphatic imine (C=N–C) groups is 1. The van der Waals surface area contributed by atoms with E-state index in [2.05, 4.69) is 41.0 Å². The molecule has 1 atom stereocenters. The lowest BCUT2D eigenvalue weighted by molar-refractivity contribution is 0.0104. The predicted octanol–water partition coefficient (Wildman–Crippen LogP) is 5.31. The average Bonchev–Trinajstić information content (AvgIpc) is 3.13. The highest BCUT2D eigenvalue weighted by atomic mass is 16.5. The smallest absolute Gasteiger partial charge is 0.291 e. The van der Waals surface area contributed by atoms with E-state index in [0.717, 1.165) is 29.9 Å². The Bertz CT molecular complexity index is 756. The lowest BCUT2D eigenvalue weighted by Gasteiger charge is -2.35. The van der Waals surface area contributed by atoms with E-state index in [1.807, 2.05) is 30.5 Å². The van der Waals surface area contributed by atoms with Crippen molar-refractivity contribution in [1.82, 2.24) is 9.97 Å². The van der Waals surface area contributed by atoms with Crippen LogP contribution in [0.1, 0.15) is 52.9 Å². The third-order valence-corrected chi connectivity index (χ3v) is 5.40. The molecule has 1 N–H and O–H groups in total. The number of nitrogens with one attached hydrogen (secondary N) is 1. The predicted molar refractivity (Wildman–Crippen MR) is 111 cm³/mol. The summed E-state index contributed by atoms with van der Waals surface area (Å²) in [6.07, 6.45) is 11.1. The zero-order valence-electron chi connectivity index (χ0n) is 16.6. The van der Waals surface area contributed by atoms with Crippen LogP contribution in [0.4, 0.5) is 5.82 Å². The van der Waals surface area contributed by atoms with Crippen LogP contribution in [0.25, 0.3) is 11.1 Å². The lowest BCUT2D eigenvalue weighted by Crippen LogP contribution is -2.42. The van der Waals surface area contributed by atoms with Crippen LogP contribution in [0.5, 0.6) is 0 Å². The van der Waals surface area contributed by atoms with E-state index >= 15 is 0 Å². The number of rotatable bonds is 8. The van der Waals surface area contributed by atoms with E-state index in [4.69, 9.17) is 4.74 Å². The number of amidine groups is 1. The second kappa shape index (κ2) is 8.98. The van der Waals surface area contributed by atoms with Crippen LogP contribution < -0.4 is 5.32 Å². The average molecular weight is 367 g/mol. The van der Waals surface area contributed by atoms with Crippen molar-refractivity contribution < 1.29 is 4.74 Å². The summed E-state index contributed by atoms with van der Waals surface area (Å²) >= 11 is 0. The molecule has 1 aliphatic rings. The minimum atomic E-state index is -0.185. The Kier molecular flexibility index (Phi) is 6.43. The summed E-state index contributed by atoms with van der Waals surface area (Å²) in [6.45, 7) is 7.42. The molecule has 0 aliphatic carbocycles. The fraction of sp³-hybridized carbons (Fsp3) is 0.500. The van der Waals surface area contributed by atoms with E-state index < -0.39 is 0 Å². The Morgan fingerprint density at radius 1 is 1.11 bits per heavy atom. The van der Waals surface area contributed by atoms with Gasteiger partial charge in [0.25, 0.3) is 6.02 Å². The van der Waals surface area contributed by atoms with Crippen LogP contribution in [-0.2, 0) is 4.74 Å². The monoisotopic (exact) mass is 366 g/mol. The molecule has 0 saturated carbocycles. The topological polar surface area (TPSA) is 59.4 Å². The normalized spacial score (nSPS) is 19.0. The summed E-state index contributed by atoms with van der Waals surface area (Å²) < 4.78 is 6.40. The molecule has 3 heterocycles. The Morgan fingerprint density at radius 3 is 2.59 bits per heavy atom. The zero-order valence-corrected chi connectivity index (χ0v) is 16.6. The maximum atomic E-state index is 6.40. The van der Waals surface area contributed by atoms with Gasteiger partial charge in [0.05, 0.1) is 6.54 Å². The molecule has 2 aromatic rings. The van der Waals surface area contributed by atoms with Gasteiger partial charge >= 0.3 is 0 Å². The van der Waals surface area contributed by atoms with Crippen molar-refractivity contribution in [2.75, 3.05) is 11.9 Å². The fourth-order valence-corrected chi connectivity index (χ4v) is 3.90. The first kappa shape index (κ1) is 19.3. The first-order valence-corrected chi connectivity index (χ1v) is 10.1. The van der Waals surface area contributed by atoms with Gasteiger partial charge in [0.2, 0.25) is 0 Å². The molecule has 144 valence electrons. The van der Waals surface area contributed by atoms with Crippen LogP contribution in [0.3, 0.4) is 0 Å². The maximum absolute atomic E-state index is 6.40. The van der Waals surface area contributed by atoms with Crippen LogP contribution in [0.15, 0.2) is 47.8 Å². The van der Waals surface area contributed by atoms with Crippen LogP contribution in [-0.4, -0.2) is 28.1 Å².